The molecule has 2 rings (SSSR count). The number of hydrogen-bond donors (Lipinski definition) is 3. The fourth-order valence-electron chi connectivity index (χ4n) is 1.30. The molecule has 20 heavy (non-hydrogen) atoms. The summed E-state index contributed by atoms with van der Waals surface area (Å²) < 4.78 is 34.1. The lowest BCUT2D eigenvalue weighted by Gasteiger charge is -2.06. The van der Waals surface area contributed by atoms with Gasteiger partial charge in [-0.2, -0.15) is 0 Å². The summed E-state index contributed by atoms with van der Waals surface area (Å²) in [5, 5.41) is 3.25. The number of nitrogens with one attached hydrogen (secondary N) is 1. The summed E-state index contributed by atoms with van der Waals surface area (Å²) in [6.45, 7) is 0. The summed E-state index contributed by atoms with van der Waals surface area (Å²) in [6.07, 6.45) is 0. The molecule has 8 heteroatoms. The molecule has 0 unspecified atom stereocenters. The van der Waals surface area contributed by atoms with Crippen molar-refractivity contribution < 1.29 is 17.5 Å². The monoisotopic (exact) mass is 295 g/mol. The van der Waals surface area contributed by atoms with E-state index in [1.54, 1.807) is 0 Å². The second kappa shape index (κ2) is 6.75. The van der Waals surface area contributed by atoms with Crippen LogP contribution in [0.5, 0.6) is 0 Å². The Morgan fingerprint density at radius 3 is 1.25 bits per heavy atom. The van der Waals surface area contributed by atoms with Gasteiger partial charge in [0.05, 0.1) is 0 Å². The van der Waals surface area contributed by atoms with Gasteiger partial charge in [0.1, 0.15) is 0 Å². The van der Waals surface area contributed by atoms with Crippen LogP contribution in [0.1, 0.15) is 0 Å². The van der Waals surface area contributed by atoms with Gasteiger partial charge in [0.2, 0.25) is 0 Å². The minimum Gasteiger partial charge on any atom is -0.759 e. The summed E-state index contributed by atoms with van der Waals surface area (Å²) >= 11 is 0. The van der Waals surface area contributed by atoms with Crippen LogP contribution in [0.25, 0.3) is 0 Å². The third-order valence-electron chi connectivity index (χ3n) is 2.11. The maximum Gasteiger partial charge on any atom is 0.0385 e. The highest BCUT2D eigenvalue weighted by molar-refractivity contribution is 7.79. The average molecular weight is 295 g/mol. The molecule has 7 nitrogen and oxygen atoms in total. The lowest BCUT2D eigenvalue weighted by molar-refractivity contribution is 0.352. The topological polar surface area (TPSA) is 144 Å². The Balaban J connectivity index is 0.000000347. The second-order valence-corrected chi connectivity index (χ2v) is 4.59. The van der Waals surface area contributed by atoms with E-state index in [1.165, 1.54) is 0 Å². The Kier molecular flexibility index (Phi) is 5.32. The zero-order valence-electron chi connectivity index (χ0n) is 10.3. The summed E-state index contributed by atoms with van der Waals surface area (Å²) in [7, 11) is -5.17. The lowest BCUT2D eigenvalue weighted by Crippen LogP contribution is -1.91. The molecule has 0 saturated heterocycles. The molecule has 0 aliphatic rings. The van der Waals surface area contributed by atoms with E-state index in [4.69, 9.17) is 29.0 Å². The molecule has 0 heterocycles. The quantitative estimate of drug-likeness (QED) is 0.429. The van der Waals surface area contributed by atoms with Crippen LogP contribution in [0.4, 0.5) is 22.7 Å². The van der Waals surface area contributed by atoms with Gasteiger partial charge in [0.25, 0.3) is 0 Å². The number of rotatable bonds is 2. The molecule has 0 amide bonds. The lowest BCUT2D eigenvalue weighted by atomic mass is 10.2. The van der Waals surface area contributed by atoms with Crippen molar-refractivity contribution in [3.63, 3.8) is 0 Å². The van der Waals surface area contributed by atoms with Crippen molar-refractivity contribution >= 4 is 33.1 Å². The Hall–Kier alpha value is -2.29. The van der Waals surface area contributed by atoms with Gasteiger partial charge in [-0.05, 0) is 48.5 Å². The molecule has 2 aromatic rings. The van der Waals surface area contributed by atoms with Crippen LogP contribution >= 0.6 is 0 Å². The molecule has 0 atom stereocenters. The van der Waals surface area contributed by atoms with Crippen LogP contribution < -0.4 is 16.8 Å². The van der Waals surface area contributed by atoms with Crippen LogP contribution in [-0.4, -0.2) is 17.5 Å². The Labute approximate surface area is 116 Å². The van der Waals surface area contributed by atoms with Crippen molar-refractivity contribution in [1.82, 2.24) is 0 Å². The zero-order chi connectivity index (χ0) is 15.2. The smallest absolute Gasteiger partial charge is 0.0385 e. The average Bonchev–Trinajstić information content (AvgIpc) is 2.33. The Morgan fingerprint density at radius 1 is 0.750 bits per heavy atom. The molecule has 108 valence electrons. The maximum atomic E-state index is 8.52. The van der Waals surface area contributed by atoms with Gasteiger partial charge < -0.3 is 25.9 Å². The zero-order valence-corrected chi connectivity index (χ0v) is 11.1. The van der Waals surface area contributed by atoms with Crippen molar-refractivity contribution in [3.8, 4) is 0 Å². The molecular weight excluding hydrogens is 282 g/mol. The highest BCUT2D eigenvalue weighted by Gasteiger charge is 1.93. The van der Waals surface area contributed by atoms with Crippen LogP contribution in [0.15, 0.2) is 48.5 Å². The first kappa shape index (κ1) is 15.8. The molecule has 0 bridgehead atoms. The molecule has 0 radical (unpaired) electrons. The third kappa shape index (κ3) is 7.21. The van der Waals surface area contributed by atoms with Crippen LogP contribution in [0.2, 0.25) is 0 Å². The number of nitrogens with two attached hydrogens (primary N) is 2. The first-order valence-corrected chi connectivity index (χ1v) is 6.72. The predicted octanol–water partition coefficient (Wildman–Crippen LogP) is 1.26. The summed E-state index contributed by atoms with van der Waals surface area (Å²) in [5.41, 5.74) is 14.7. The van der Waals surface area contributed by atoms with Crippen LogP contribution in [0, 0.1) is 0 Å². The van der Waals surface area contributed by atoms with E-state index in [1.807, 2.05) is 48.5 Å². The van der Waals surface area contributed by atoms with Crippen LogP contribution in [0.3, 0.4) is 0 Å². The summed E-state index contributed by atoms with van der Waals surface area (Å²) in [4.78, 5) is 0. The third-order valence-corrected chi connectivity index (χ3v) is 2.11. The molecule has 2 aromatic carbocycles. The first-order valence-electron chi connectivity index (χ1n) is 5.39. The fourth-order valence-corrected chi connectivity index (χ4v) is 1.30. The Bertz CT molecular complexity index is 588. The summed E-state index contributed by atoms with van der Waals surface area (Å²) in [6, 6.07) is 15.2. The second-order valence-electron chi connectivity index (χ2n) is 3.78. The maximum absolute atomic E-state index is 8.52. The summed E-state index contributed by atoms with van der Waals surface area (Å²) in [5.74, 6) is 0. The van der Waals surface area contributed by atoms with Crippen molar-refractivity contribution in [2.24, 2.45) is 0 Å². The molecule has 5 N–H and O–H groups in total. The molecule has 0 fully saturated rings. The standard InChI is InChI=1S/C12H13N3.H2O4S/c13-9-1-5-11(6-2-9)15-12-7-3-10(14)4-8-12;1-5(2,3)4/h1-8,15H,13-14H2;(H2,1,2,3,4)/p-2. The largest absolute Gasteiger partial charge is 0.759 e. The number of nitrogen functional groups attached to an aromatic ring is 2. The predicted molar refractivity (Wildman–Crippen MR) is 75.5 cm³/mol. The number of hydrogen-bond acceptors (Lipinski definition) is 7. The van der Waals surface area contributed by atoms with Crippen molar-refractivity contribution in [3.05, 3.63) is 48.5 Å². The van der Waals surface area contributed by atoms with E-state index in [0.717, 1.165) is 22.7 Å². The normalized spacial score (nSPS) is 10.3. The van der Waals surface area contributed by atoms with Crippen LogP contribution in [-0.2, 0) is 10.4 Å². The van der Waals surface area contributed by atoms with E-state index < -0.39 is 10.4 Å². The molecule has 0 saturated carbocycles. The van der Waals surface area contributed by atoms with Gasteiger partial charge in [-0.1, -0.05) is 0 Å². The minimum absolute atomic E-state index is 0.762. The van der Waals surface area contributed by atoms with E-state index in [9.17, 15) is 0 Å². The molecule has 0 spiro atoms. The number of anilines is 4. The van der Waals surface area contributed by atoms with Gasteiger partial charge in [0.15, 0.2) is 0 Å². The molecule has 0 aliphatic heterocycles. The van der Waals surface area contributed by atoms with Gasteiger partial charge in [0, 0.05) is 33.1 Å². The van der Waals surface area contributed by atoms with Gasteiger partial charge >= 0.3 is 0 Å². The van der Waals surface area contributed by atoms with Gasteiger partial charge in [-0.15, -0.1) is 0 Å². The van der Waals surface area contributed by atoms with E-state index in [-0.39, 0.29) is 0 Å². The fraction of sp³-hybridized carbons (Fsp3) is 0. The first-order chi connectivity index (χ1) is 9.24. The molecule has 0 aromatic heterocycles. The van der Waals surface area contributed by atoms with Crippen molar-refractivity contribution in [2.45, 2.75) is 0 Å². The van der Waals surface area contributed by atoms with Gasteiger partial charge in [-0.3, -0.25) is 8.42 Å². The minimum atomic E-state index is -5.17. The highest BCUT2D eigenvalue weighted by atomic mass is 32.3. The molecule has 0 aliphatic carbocycles. The van der Waals surface area contributed by atoms with E-state index in [2.05, 4.69) is 5.32 Å². The van der Waals surface area contributed by atoms with Gasteiger partial charge in [-0.25, -0.2) is 0 Å². The van der Waals surface area contributed by atoms with Crippen molar-refractivity contribution in [2.75, 3.05) is 16.8 Å². The Morgan fingerprint density at radius 2 is 1.00 bits per heavy atom. The van der Waals surface area contributed by atoms with E-state index >= 15 is 0 Å². The highest BCUT2D eigenvalue weighted by Crippen LogP contribution is 2.18. The molecular formula is C12H13N3O4S-2. The SMILES string of the molecule is Nc1ccc(Nc2ccc(N)cc2)cc1.O=S(=O)([O-])[O-]. The van der Waals surface area contributed by atoms with E-state index in [0.29, 0.717) is 0 Å². The van der Waals surface area contributed by atoms with Crippen molar-refractivity contribution in [1.29, 1.82) is 0 Å². The number of benzene rings is 2.